The molecule has 2 amide bonds. The van der Waals surface area contributed by atoms with E-state index >= 15 is 4.39 Å². The van der Waals surface area contributed by atoms with Crippen LogP contribution in [0, 0.1) is 5.82 Å². The zero-order valence-electron chi connectivity index (χ0n) is 25.7. The van der Waals surface area contributed by atoms with Gasteiger partial charge in [-0.25, -0.2) is 9.18 Å². The average molecular weight is 659 g/mol. The van der Waals surface area contributed by atoms with E-state index < -0.39 is 35.2 Å². The third-order valence-corrected chi connectivity index (χ3v) is 8.73. The number of carboxylic acid groups (broad SMARTS) is 1. The van der Waals surface area contributed by atoms with E-state index in [1.807, 2.05) is 32.0 Å². The van der Waals surface area contributed by atoms with E-state index in [-0.39, 0.29) is 21.8 Å². The Balaban J connectivity index is 1.42. The van der Waals surface area contributed by atoms with Crippen molar-refractivity contribution in [1.29, 1.82) is 0 Å². The van der Waals surface area contributed by atoms with Gasteiger partial charge >= 0.3 is 5.97 Å². The monoisotopic (exact) mass is 658 g/mol. The van der Waals surface area contributed by atoms with E-state index in [0.29, 0.717) is 17.7 Å². The lowest BCUT2D eigenvalue weighted by atomic mass is 9.79. The van der Waals surface area contributed by atoms with Crippen LogP contribution in [0.2, 0.25) is 5.02 Å². The van der Waals surface area contributed by atoms with Crippen molar-refractivity contribution in [3.63, 3.8) is 0 Å². The summed E-state index contributed by atoms with van der Waals surface area (Å²) in [5, 5.41) is 26.5. The number of tetrazole rings is 1. The molecule has 1 saturated heterocycles. The van der Waals surface area contributed by atoms with Crippen LogP contribution in [0.25, 0.3) is 11.8 Å². The molecule has 1 atom stereocenters. The van der Waals surface area contributed by atoms with Gasteiger partial charge in [0.2, 0.25) is 5.91 Å². The van der Waals surface area contributed by atoms with Crippen molar-refractivity contribution in [3.8, 4) is 5.69 Å². The Kier molecular flexibility index (Phi) is 8.76. The topological polar surface area (TPSA) is 146 Å². The van der Waals surface area contributed by atoms with Crippen molar-refractivity contribution in [2.75, 3.05) is 36.4 Å². The van der Waals surface area contributed by atoms with E-state index in [1.165, 1.54) is 64.5 Å². The molecule has 0 saturated carbocycles. The lowest BCUT2D eigenvalue weighted by Crippen LogP contribution is -2.56. The average Bonchev–Trinajstić information content (AvgIpc) is 3.59. The molecule has 3 N–H and O–H groups in total. The molecule has 0 bridgehead atoms. The highest BCUT2D eigenvalue weighted by Crippen LogP contribution is 2.43. The maximum Gasteiger partial charge on any atom is 0.335 e. The number of aromatic carboxylic acids is 1. The van der Waals surface area contributed by atoms with E-state index in [1.54, 1.807) is 0 Å². The SMILES string of the molecule is CC1(C)Cc2c(cccc2N2CCNCC2)C(C(=O)Nc2ccc(C(=O)O)cc2)N1C(=O)C=Cc1c(-n2cnnn2)ccc(Cl)c1F. The number of anilines is 2. The van der Waals surface area contributed by atoms with Gasteiger partial charge in [0.25, 0.3) is 5.91 Å². The smallest absolute Gasteiger partial charge is 0.335 e. The summed E-state index contributed by atoms with van der Waals surface area (Å²) in [5.74, 6) is -2.86. The summed E-state index contributed by atoms with van der Waals surface area (Å²) in [4.78, 5) is 43.7. The first-order valence-electron chi connectivity index (χ1n) is 15.0. The summed E-state index contributed by atoms with van der Waals surface area (Å²) in [6, 6.07) is 13.4. The van der Waals surface area contributed by atoms with Crippen molar-refractivity contribution in [3.05, 3.63) is 100 Å². The molecule has 0 radical (unpaired) electrons. The minimum atomic E-state index is -1.09. The summed E-state index contributed by atoms with van der Waals surface area (Å²) in [7, 11) is 0. The molecular formula is C33H32ClFN8O4. The Morgan fingerprint density at radius 1 is 1.06 bits per heavy atom. The van der Waals surface area contributed by atoms with Gasteiger partial charge in [0.1, 0.15) is 12.4 Å². The Hall–Kier alpha value is -5.14. The molecule has 2 aliphatic rings. The fourth-order valence-electron chi connectivity index (χ4n) is 6.26. The van der Waals surface area contributed by atoms with Crippen LogP contribution in [-0.4, -0.2) is 79.7 Å². The molecule has 0 aliphatic carbocycles. The third kappa shape index (κ3) is 6.31. The number of benzene rings is 3. The van der Waals surface area contributed by atoms with Crippen LogP contribution in [0.5, 0.6) is 0 Å². The molecule has 2 aliphatic heterocycles. The number of aromatic nitrogens is 4. The number of fused-ring (bicyclic) bond motifs is 1. The van der Waals surface area contributed by atoms with Crippen molar-refractivity contribution in [2.24, 2.45) is 0 Å². The fraction of sp³-hybridized carbons (Fsp3) is 0.273. The van der Waals surface area contributed by atoms with Crippen molar-refractivity contribution < 1.29 is 23.9 Å². The van der Waals surface area contributed by atoms with Gasteiger partial charge in [-0.3, -0.25) is 9.59 Å². The molecule has 47 heavy (non-hydrogen) atoms. The third-order valence-electron chi connectivity index (χ3n) is 8.44. The molecule has 14 heteroatoms. The minimum absolute atomic E-state index is 0.00567. The van der Waals surface area contributed by atoms with Crippen LogP contribution in [0.1, 0.15) is 46.9 Å². The number of halogens is 2. The van der Waals surface area contributed by atoms with Crippen LogP contribution in [0.4, 0.5) is 15.8 Å². The molecule has 242 valence electrons. The molecule has 1 unspecified atom stereocenters. The van der Waals surface area contributed by atoms with E-state index in [4.69, 9.17) is 11.6 Å². The van der Waals surface area contributed by atoms with Gasteiger partial charge in [-0.15, -0.1) is 5.10 Å². The lowest BCUT2D eigenvalue weighted by molar-refractivity contribution is -0.142. The standard InChI is InChI=1S/C33H32ClFN8O4/c1-33(2)18-24-22(4-3-5-26(24)41-16-14-36-15-17-41)30(31(45)38-21-8-6-20(7-9-21)32(46)47)43(33)28(44)13-10-23-27(42-19-37-39-40-42)12-11-25(34)29(23)35/h3-13,19,30,36H,14-18H2,1-2H3,(H,38,45)(H,46,47). The van der Waals surface area contributed by atoms with Crippen molar-refractivity contribution >= 4 is 46.8 Å². The summed E-state index contributed by atoms with van der Waals surface area (Å²) in [5.41, 5.74) is 2.50. The molecule has 12 nitrogen and oxygen atoms in total. The summed E-state index contributed by atoms with van der Waals surface area (Å²) in [6.07, 6.45) is 4.28. The second-order valence-electron chi connectivity index (χ2n) is 11.9. The summed E-state index contributed by atoms with van der Waals surface area (Å²) in [6.45, 7) is 7.03. The Morgan fingerprint density at radius 3 is 2.49 bits per heavy atom. The molecule has 1 fully saturated rings. The van der Waals surface area contributed by atoms with Gasteiger partial charge in [-0.1, -0.05) is 23.7 Å². The highest BCUT2D eigenvalue weighted by molar-refractivity contribution is 6.31. The maximum absolute atomic E-state index is 15.3. The molecule has 3 heterocycles. The number of hydrogen-bond acceptors (Lipinski definition) is 8. The summed E-state index contributed by atoms with van der Waals surface area (Å²) >= 11 is 6.10. The molecule has 4 aromatic rings. The minimum Gasteiger partial charge on any atom is -0.478 e. The fourth-order valence-corrected chi connectivity index (χ4v) is 6.43. The van der Waals surface area contributed by atoms with E-state index in [9.17, 15) is 19.5 Å². The maximum atomic E-state index is 15.3. The summed E-state index contributed by atoms with van der Waals surface area (Å²) < 4.78 is 16.6. The molecule has 1 aromatic heterocycles. The number of piperazine rings is 1. The number of nitrogens with zero attached hydrogens (tertiary/aromatic N) is 6. The van der Waals surface area contributed by atoms with Gasteiger partial charge < -0.3 is 25.5 Å². The Bertz CT molecular complexity index is 1860. The van der Waals surface area contributed by atoms with Crippen LogP contribution < -0.4 is 15.5 Å². The van der Waals surface area contributed by atoms with Crippen molar-refractivity contribution in [2.45, 2.75) is 31.8 Å². The van der Waals surface area contributed by atoms with Gasteiger partial charge in [0.15, 0.2) is 5.82 Å². The first-order chi connectivity index (χ1) is 22.5. The predicted molar refractivity (Wildman–Crippen MR) is 174 cm³/mol. The number of rotatable bonds is 7. The van der Waals surface area contributed by atoms with Crippen LogP contribution in [0.3, 0.4) is 0 Å². The zero-order valence-corrected chi connectivity index (χ0v) is 26.4. The van der Waals surface area contributed by atoms with Gasteiger partial charge in [0.05, 0.1) is 16.3 Å². The first-order valence-corrected chi connectivity index (χ1v) is 15.4. The molecule has 3 aromatic carbocycles. The van der Waals surface area contributed by atoms with E-state index in [0.717, 1.165) is 37.4 Å². The highest BCUT2D eigenvalue weighted by atomic mass is 35.5. The number of hydrogen-bond donors (Lipinski definition) is 3. The highest BCUT2D eigenvalue weighted by Gasteiger charge is 2.46. The van der Waals surface area contributed by atoms with E-state index in [2.05, 4.69) is 31.1 Å². The molecule has 6 rings (SSSR count). The van der Waals surface area contributed by atoms with Gasteiger partial charge in [-0.2, -0.15) is 4.68 Å². The second kappa shape index (κ2) is 12.9. The Labute approximate surface area is 274 Å². The number of amides is 2. The normalized spacial score (nSPS) is 17.4. The molecular weight excluding hydrogens is 627 g/mol. The van der Waals surface area contributed by atoms with Crippen molar-refractivity contribution in [1.82, 2.24) is 30.4 Å². The zero-order chi connectivity index (χ0) is 33.3. The predicted octanol–water partition coefficient (Wildman–Crippen LogP) is 4.12. The first kappa shape index (κ1) is 31.8. The van der Waals surface area contributed by atoms with Gasteiger partial charge in [0, 0.05) is 54.7 Å². The molecule has 0 spiro atoms. The number of carboxylic acids is 1. The number of carbonyl (C=O) groups is 3. The largest absolute Gasteiger partial charge is 0.478 e. The van der Waals surface area contributed by atoms with Crippen LogP contribution in [0.15, 0.2) is 67.0 Å². The Morgan fingerprint density at radius 2 is 1.81 bits per heavy atom. The number of carbonyl (C=O) groups excluding carboxylic acids is 2. The van der Waals surface area contributed by atoms with Crippen LogP contribution >= 0.6 is 11.6 Å². The van der Waals surface area contributed by atoms with Crippen LogP contribution in [-0.2, 0) is 16.0 Å². The second-order valence-corrected chi connectivity index (χ2v) is 12.3. The quantitative estimate of drug-likeness (QED) is 0.250. The lowest BCUT2D eigenvalue weighted by Gasteiger charge is -2.48. The number of nitrogens with one attached hydrogen (secondary N) is 2. The van der Waals surface area contributed by atoms with Gasteiger partial charge in [-0.05, 0) is 90.4 Å².